The Morgan fingerprint density at radius 1 is 1.24 bits per heavy atom. The van der Waals surface area contributed by atoms with Crippen molar-refractivity contribution in [1.29, 1.82) is 0 Å². The number of aromatic nitrogens is 1. The minimum Gasteiger partial charge on any atom is -0.494 e. The molecule has 0 unspecified atom stereocenters. The predicted octanol–water partition coefficient (Wildman–Crippen LogP) is 2.91. The van der Waals surface area contributed by atoms with E-state index in [2.05, 4.69) is 45.9 Å². The van der Waals surface area contributed by atoms with Crippen molar-refractivity contribution in [3.05, 3.63) is 46.3 Å². The molecule has 1 aromatic carbocycles. The number of aryl methyl sites for hydroxylation is 3. The second-order valence-corrected chi connectivity index (χ2v) is 5.95. The molecule has 0 aliphatic carbocycles. The first kappa shape index (κ1) is 18.8. The Kier molecular flexibility index (Phi) is 6.86. The highest BCUT2D eigenvalue weighted by Gasteiger charge is 2.09. The Morgan fingerprint density at radius 2 is 2.04 bits per heavy atom. The molecule has 0 aliphatic rings. The van der Waals surface area contributed by atoms with Crippen LogP contribution in [0, 0.1) is 20.8 Å². The summed E-state index contributed by atoms with van der Waals surface area (Å²) in [6.45, 7) is 10.0. The highest BCUT2D eigenvalue weighted by atomic mass is 16.5. The molecule has 0 saturated carbocycles. The van der Waals surface area contributed by atoms with Crippen molar-refractivity contribution in [3.8, 4) is 5.75 Å². The summed E-state index contributed by atoms with van der Waals surface area (Å²) in [7, 11) is 1.77. The fourth-order valence-electron chi connectivity index (χ4n) is 2.66. The summed E-state index contributed by atoms with van der Waals surface area (Å²) in [4.78, 5) is 4.27. The van der Waals surface area contributed by atoms with Gasteiger partial charge in [-0.2, -0.15) is 0 Å². The SMILES string of the molecule is CCOc1cc(C)ccc1CNC(=NC)NCCc1c(C)noc1C. The number of hydrogen-bond donors (Lipinski definition) is 2. The van der Waals surface area contributed by atoms with E-state index in [1.165, 1.54) is 5.56 Å². The van der Waals surface area contributed by atoms with Crippen LogP contribution in [0.3, 0.4) is 0 Å². The number of aliphatic imine (C=N–C) groups is 1. The molecule has 6 nitrogen and oxygen atoms in total. The smallest absolute Gasteiger partial charge is 0.191 e. The summed E-state index contributed by atoms with van der Waals surface area (Å²) in [5, 5.41) is 10.6. The first-order chi connectivity index (χ1) is 12.0. The van der Waals surface area contributed by atoms with E-state index in [9.17, 15) is 0 Å². The average Bonchev–Trinajstić information content (AvgIpc) is 2.91. The van der Waals surface area contributed by atoms with Crippen LogP contribution in [0.15, 0.2) is 27.7 Å². The Bertz CT molecular complexity index is 703. The molecule has 0 aliphatic heterocycles. The largest absolute Gasteiger partial charge is 0.494 e. The van der Waals surface area contributed by atoms with Crippen molar-refractivity contribution in [1.82, 2.24) is 15.8 Å². The van der Waals surface area contributed by atoms with E-state index in [0.717, 1.165) is 47.3 Å². The van der Waals surface area contributed by atoms with Gasteiger partial charge in [-0.1, -0.05) is 17.3 Å². The maximum absolute atomic E-state index is 5.72. The molecule has 25 heavy (non-hydrogen) atoms. The van der Waals surface area contributed by atoms with Gasteiger partial charge < -0.3 is 19.9 Å². The van der Waals surface area contributed by atoms with Gasteiger partial charge in [-0.15, -0.1) is 0 Å². The quantitative estimate of drug-likeness (QED) is 0.597. The number of hydrogen-bond acceptors (Lipinski definition) is 4. The molecule has 2 N–H and O–H groups in total. The van der Waals surface area contributed by atoms with Gasteiger partial charge in [-0.05, 0) is 45.7 Å². The Morgan fingerprint density at radius 3 is 2.68 bits per heavy atom. The van der Waals surface area contributed by atoms with Crippen LogP contribution < -0.4 is 15.4 Å². The molecule has 136 valence electrons. The number of guanidine groups is 1. The van der Waals surface area contributed by atoms with Crippen molar-refractivity contribution in [2.24, 2.45) is 4.99 Å². The predicted molar refractivity (Wildman–Crippen MR) is 100 cm³/mol. The summed E-state index contributed by atoms with van der Waals surface area (Å²) in [5.74, 6) is 2.55. The zero-order valence-corrected chi connectivity index (χ0v) is 15.8. The lowest BCUT2D eigenvalue weighted by molar-refractivity contribution is 0.336. The molecule has 0 amide bonds. The van der Waals surface area contributed by atoms with E-state index in [4.69, 9.17) is 9.26 Å². The van der Waals surface area contributed by atoms with Crippen molar-refractivity contribution in [2.75, 3.05) is 20.2 Å². The fraction of sp³-hybridized carbons (Fsp3) is 0.474. The maximum atomic E-state index is 5.72. The Balaban J connectivity index is 1.88. The summed E-state index contributed by atoms with van der Waals surface area (Å²) >= 11 is 0. The van der Waals surface area contributed by atoms with E-state index in [-0.39, 0.29) is 0 Å². The van der Waals surface area contributed by atoms with E-state index >= 15 is 0 Å². The highest BCUT2D eigenvalue weighted by Crippen LogP contribution is 2.20. The molecule has 0 spiro atoms. The molecular weight excluding hydrogens is 316 g/mol. The van der Waals surface area contributed by atoms with Gasteiger partial charge in [0.05, 0.1) is 12.3 Å². The van der Waals surface area contributed by atoms with Crippen LogP contribution in [-0.2, 0) is 13.0 Å². The summed E-state index contributed by atoms with van der Waals surface area (Å²) in [6, 6.07) is 6.24. The lowest BCUT2D eigenvalue weighted by Crippen LogP contribution is -2.38. The number of nitrogens with zero attached hydrogens (tertiary/aromatic N) is 2. The minimum atomic E-state index is 0.653. The average molecular weight is 344 g/mol. The third kappa shape index (κ3) is 5.24. The maximum Gasteiger partial charge on any atom is 0.191 e. The first-order valence-electron chi connectivity index (χ1n) is 8.63. The van der Waals surface area contributed by atoms with Gasteiger partial charge in [-0.25, -0.2) is 0 Å². The molecule has 1 heterocycles. The molecule has 0 bridgehead atoms. The molecule has 0 saturated heterocycles. The number of rotatable bonds is 7. The Labute approximate surface area is 149 Å². The van der Waals surface area contributed by atoms with Crippen molar-refractivity contribution in [3.63, 3.8) is 0 Å². The molecule has 6 heteroatoms. The topological polar surface area (TPSA) is 71.7 Å². The van der Waals surface area contributed by atoms with Crippen LogP contribution in [0.25, 0.3) is 0 Å². The summed E-state index contributed by atoms with van der Waals surface area (Å²) in [5.41, 5.74) is 4.40. The number of nitrogens with one attached hydrogen (secondary N) is 2. The lowest BCUT2D eigenvalue weighted by Gasteiger charge is -2.15. The number of ether oxygens (including phenoxy) is 1. The van der Waals surface area contributed by atoms with Gasteiger partial charge in [0.25, 0.3) is 0 Å². The van der Waals surface area contributed by atoms with Crippen LogP contribution >= 0.6 is 0 Å². The summed E-state index contributed by atoms with van der Waals surface area (Å²) in [6.07, 6.45) is 0.844. The molecule has 1 aromatic heterocycles. The van der Waals surface area contributed by atoms with Crippen LogP contribution in [0.2, 0.25) is 0 Å². The highest BCUT2D eigenvalue weighted by molar-refractivity contribution is 5.79. The van der Waals surface area contributed by atoms with Crippen LogP contribution in [0.1, 0.15) is 35.1 Å². The van der Waals surface area contributed by atoms with E-state index in [0.29, 0.717) is 13.2 Å². The van der Waals surface area contributed by atoms with Crippen LogP contribution in [0.5, 0.6) is 5.75 Å². The second kappa shape index (κ2) is 9.11. The number of benzene rings is 1. The van der Waals surface area contributed by atoms with Gasteiger partial charge in [0.15, 0.2) is 5.96 Å². The second-order valence-electron chi connectivity index (χ2n) is 5.95. The van der Waals surface area contributed by atoms with Gasteiger partial charge in [-0.3, -0.25) is 4.99 Å². The van der Waals surface area contributed by atoms with Crippen LogP contribution in [-0.4, -0.2) is 31.3 Å². The fourth-order valence-corrected chi connectivity index (χ4v) is 2.66. The zero-order valence-electron chi connectivity index (χ0n) is 15.8. The van der Waals surface area contributed by atoms with E-state index in [1.54, 1.807) is 7.05 Å². The van der Waals surface area contributed by atoms with E-state index in [1.807, 2.05) is 20.8 Å². The van der Waals surface area contributed by atoms with Crippen molar-refractivity contribution in [2.45, 2.75) is 40.7 Å². The normalized spacial score (nSPS) is 11.5. The molecular formula is C19H28N4O2. The lowest BCUT2D eigenvalue weighted by atomic mass is 10.1. The molecule has 0 radical (unpaired) electrons. The van der Waals surface area contributed by atoms with Gasteiger partial charge in [0.1, 0.15) is 11.5 Å². The monoisotopic (exact) mass is 344 g/mol. The molecule has 2 rings (SSSR count). The van der Waals surface area contributed by atoms with Crippen molar-refractivity contribution < 1.29 is 9.26 Å². The van der Waals surface area contributed by atoms with Gasteiger partial charge in [0, 0.05) is 31.3 Å². The first-order valence-corrected chi connectivity index (χ1v) is 8.63. The standard InChI is InChI=1S/C19H28N4O2/c1-6-24-18-11-13(2)7-8-16(18)12-22-19(20-5)21-10-9-17-14(3)23-25-15(17)4/h7-8,11H,6,9-10,12H2,1-5H3,(H2,20,21,22). The molecule has 2 aromatic rings. The minimum absolute atomic E-state index is 0.653. The third-order valence-electron chi connectivity index (χ3n) is 4.04. The van der Waals surface area contributed by atoms with E-state index < -0.39 is 0 Å². The Hall–Kier alpha value is -2.50. The van der Waals surface area contributed by atoms with Crippen LogP contribution in [0.4, 0.5) is 0 Å². The zero-order chi connectivity index (χ0) is 18.2. The van der Waals surface area contributed by atoms with Gasteiger partial charge >= 0.3 is 0 Å². The third-order valence-corrected chi connectivity index (χ3v) is 4.04. The van der Waals surface area contributed by atoms with Gasteiger partial charge in [0.2, 0.25) is 0 Å². The molecule has 0 atom stereocenters. The molecule has 0 fully saturated rings. The summed E-state index contributed by atoms with van der Waals surface area (Å²) < 4.78 is 10.9. The van der Waals surface area contributed by atoms with Crippen molar-refractivity contribution >= 4 is 5.96 Å².